The number of likely N-dealkylation sites (tertiary alicyclic amines) is 1. The summed E-state index contributed by atoms with van der Waals surface area (Å²) in [6.45, 7) is 8.01. The van der Waals surface area contributed by atoms with Crippen molar-refractivity contribution >= 4 is 27.5 Å². The van der Waals surface area contributed by atoms with Gasteiger partial charge in [0.15, 0.2) is 11.5 Å². The molecule has 0 spiro atoms. The summed E-state index contributed by atoms with van der Waals surface area (Å²) in [6, 6.07) is 7.79. The number of hydrogen-bond donors (Lipinski definition) is 0. The maximum Gasteiger partial charge on any atom is 0.264 e. The maximum atomic E-state index is 13.4. The Morgan fingerprint density at radius 2 is 1.81 bits per heavy atom. The highest BCUT2D eigenvalue weighted by Crippen LogP contribution is 2.40. The van der Waals surface area contributed by atoms with Crippen LogP contribution in [0, 0.1) is 13.8 Å². The number of fused-ring (bicyclic) bond motifs is 1. The predicted octanol–water partition coefficient (Wildman–Crippen LogP) is 5.27. The largest absolute Gasteiger partial charge is 0.490 e. The van der Waals surface area contributed by atoms with Crippen molar-refractivity contribution in [3.05, 3.63) is 46.2 Å². The van der Waals surface area contributed by atoms with Crippen molar-refractivity contribution in [1.29, 1.82) is 0 Å². The summed E-state index contributed by atoms with van der Waals surface area (Å²) < 4.78 is 11.9. The molecule has 5 rings (SSSR count). The lowest BCUT2D eigenvalue weighted by atomic mass is 10.1. The lowest BCUT2D eigenvalue weighted by Crippen LogP contribution is -2.41. The van der Waals surface area contributed by atoms with Crippen LogP contribution in [0.1, 0.15) is 65.3 Å². The van der Waals surface area contributed by atoms with Crippen molar-refractivity contribution in [2.75, 3.05) is 19.7 Å². The highest BCUT2D eigenvalue weighted by molar-refractivity contribution is 7.20. The number of aryl methyl sites for hydroxylation is 2. The summed E-state index contributed by atoms with van der Waals surface area (Å²) >= 11 is 1.52. The summed E-state index contributed by atoms with van der Waals surface area (Å²) in [6.07, 6.45) is 4.04. The van der Waals surface area contributed by atoms with E-state index in [4.69, 9.17) is 19.4 Å². The minimum absolute atomic E-state index is 0.0818. The summed E-state index contributed by atoms with van der Waals surface area (Å²) in [5, 5.41) is 1.05. The molecule has 0 atom stereocenters. The van der Waals surface area contributed by atoms with Crippen molar-refractivity contribution < 1.29 is 14.3 Å². The lowest BCUT2D eigenvalue weighted by Gasteiger charge is -2.32. The molecule has 1 aliphatic heterocycles. The van der Waals surface area contributed by atoms with Crippen LogP contribution in [0.15, 0.2) is 24.3 Å². The van der Waals surface area contributed by atoms with Crippen molar-refractivity contribution in [3.63, 3.8) is 0 Å². The van der Waals surface area contributed by atoms with Gasteiger partial charge in [0.25, 0.3) is 5.91 Å². The Morgan fingerprint density at radius 3 is 2.50 bits per heavy atom. The molecule has 0 bridgehead atoms. The number of para-hydroxylation sites is 2. The molecule has 32 heavy (non-hydrogen) atoms. The van der Waals surface area contributed by atoms with Gasteiger partial charge in [-0.25, -0.2) is 9.97 Å². The standard InChI is InChI=1S/C25H29N3O3S/c1-4-30-19-7-5-6-8-20(19)31-18-11-13-28(14-12-18)25(29)22-15(2)21-16(3)26-23(17-9-10-17)27-24(21)32-22/h5-8,17-18H,4,9-14H2,1-3H3. The van der Waals surface area contributed by atoms with E-state index in [-0.39, 0.29) is 12.0 Å². The number of amides is 1. The number of hydrogen-bond acceptors (Lipinski definition) is 6. The van der Waals surface area contributed by atoms with Gasteiger partial charge in [-0.05, 0) is 51.3 Å². The molecule has 1 amide bonds. The molecular formula is C25H29N3O3S. The predicted molar refractivity (Wildman–Crippen MR) is 126 cm³/mol. The van der Waals surface area contributed by atoms with E-state index in [0.29, 0.717) is 25.6 Å². The number of carbonyl (C=O) groups is 1. The number of carbonyl (C=O) groups excluding carboxylic acids is 1. The molecular weight excluding hydrogens is 422 g/mol. The van der Waals surface area contributed by atoms with Gasteiger partial charge < -0.3 is 14.4 Å². The second-order valence-electron chi connectivity index (χ2n) is 8.67. The fourth-order valence-electron chi connectivity index (χ4n) is 4.41. The molecule has 1 aliphatic carbocycles. The Kier molecular flexibility index (Phi) is 5.76. The van der Waals surface area contributed by atoms with Gasteiger partial charge in [-0.3, -0.25) is 4.79 Å². The van der Waals surface area contributed by atoms with Crippen LogP contribution in [-0.4, -0.2) is 46.6 Å². The average Bonchev–Trinajstić information content (AvgIpc) is 3.59. The van der Waals surface area contributed by atoms with Gasteiger partial charge >= 0.3 is 0 Å². The number of nitrogens with zero attached hydrogens (tertiary/aromatic N) is 3. The molecule has 0 radical (unpaired) electrons. The van der Waals surface area contributed by atoms with E-state index in [0.717, 1.165) is 56.5 Å². The van der Waals surface area contributed by atoms with E-state index in [2.05, 4.69) is 0 Å². The van der Waals surface area contributed by atoms with Gasteiger partial charge in [0, 0.05) is 37.2 Å². The van der Waals surface area contributed by atoms with E-state index in [1.807, 2.05) is 49.9 Å². The van der Waals surface area contributed by atoms with Crippen LogP contribution >= 0.6 is 11.3 Å². The molecule has 7 heteroatoms. The minimum Gasteiger partial charge on any atom is -0.490 e. The van der Waals surface area contributed by atoms with E-state index < -0.39 is 0 Å². The molecule has 2 aliphatic rings. The van der Waals surface area contributed by atoms with Crippen LogP contribution in [0.4, 0.5) is 0 Å². The molecule has 6 nitrogen and oxygen atoms in total. The molecule has 0 unspecified atom stereocenters. The molecule has 168 valence electrons. The first-order chi connectivity index (χ1) is 15.5. The monoisotopic (exact) mass is 451 g/mol. The van der Waals surface area contributed by atoms with E-state index in [9.17, 15) is 4.79 Å². The first-order valence-electron chi connectivity index (χ1n) is 11.5. The van der Waals surface area contributed by atoms with E-state index in [1.165, 1.54) is 24.2 Å². The average molecular weight is 452 g/mol. The highest BCUT2D eigenvalue weighted by atomic mass is 32.1. The third-order valence-corrected chi connectivity index (χ3v) is 7.47. The number of thiophene rings is 1. The zero-order valence-corrected chi connectivity index (χ0v) is 19.7. The Bertz CT molecular complexity index is 1150. The smallest absolute Gasteiger partial charge is 0.264 e. The fourth-order valence-corrected chi connectivity index (χ4v) is 5.62. The Balaban J connectivity index is 1.28. The molecule has 3 aromatic rings. The number of ether oxygens (including phenoxy) is 2. The van der Waals surface area contributed by atoms with Gasteiger partial charge in [0.2, 0.25) is 0 Å². The Morgan fingerprint density at radius 1 is 1.09 bits per heavy atom. The van der Waals surface area contributed by atoms with Gasteiger partial charge in [0.1, 0.15) is 16.8 Å². The highest BCUT2D eigenvalue weighted by Gasteiger charge is 2.30. The minimum atomic E-state index is 0.0818. The molecule has 2 aromatic heterocycles. The zero-order chi connectivity index (χ0) is 22.2. The number of rotatable bonds is 6. The van der Waals surface area contributed by atoms with Crippen molar-refractivity contribution in [2.45, 2.75) is 58.5 Å². The summed E-state index contributed by atoms with van der Waals surface area (Å²) in [5.74, 6) is 3.11. The number of benzene rings is 1. The van der Waals surface area contributed by atoms with E-state index in [1.54, 1.807) is 0 Å². The van der Waals surface area contributed by atoms with Crippen LogP contribution in [0.2, 0.25) is 0 Å². The van der Waals surface area contributed by atoms with Gasteiger partial charge in [0.05, 0.1) is 17.2 Å². The molecule has 1 aromatic carbocycles. The van der Waals surface area contributed by atoms with Crippen molar-refractivity contribution in [2.24, 2.45) is 0 Å². The third kappa shape index (κ3) is 4.06. The SMILES string of the molecule is CCOc1ccccc1OC1CCN(C(=O)c2sc3nc(C4CC4)nc(C)c3c2C)CC1. The van der Waals surface area contributed by atoms with Gasteiger partial charge in [-0.1, -0.05) is 12.1 Å². The second kappa shape index (κ2) is 8.70. The molecule has 1 saturated carbocycles. The molecule has 0 N–H and O–H groups in total. The summed E-state index contributed by atoms with van der Waals surface area (Å²) in [5.41, 5.74) is 2.00. The van der Waals surface area contributed by atoms with Crippen LogP contribution < -0.4 is 9.47 Å². The van der Waals surface area contributed by atoms with Crippen molar-refractivity contribution in [3.8, 4) is 11.5 Å². The van der Waals surface area contributed by atoms with Crippen LogP contribution in [0.3, 0.4) is 0 Å². The van der Waals surface area contributed by atoms with Crippen LogP contribution in [0.25, 0.3) is 10.2 Å². The zero-order valence-electron chi connectivity index (χ0n) is 18.9. The summed E-state index contributed by atoms with van der Waals surface area (Å²) in [4.78, 5) is 26.6. The maximum absolute atomic E-state index is 13.4. The Hall–Kier alpha value is -2.67. The van der Waals surface area contributed by atoms with Gasteiger partial charge in [-0.15, -0.1) is 11.3 Å². The normalized spacial score (nSPS) is 17.0. The quantitative estimate of drug-likeness (QED) is 0.511. The first-order valence-corrected chi connectivity index (χ1v) is 12.3. The summed E-state index contributed by atoms with van der Waals surface area (Å²) in [7, 11) is 0. The second-order valence-corrected chi connectivity index (χ2v) is 9.67. The molecule has 3 heterocycles. The van der Waals surface area contributed by atoms with Crippen LogP contribution in [-0.2, 0) is 0 Å². The number of aromatic nitrogens is 2. The van der Waals surface area contributed by atoms with Gasteiger partial charge in [-0.2, -0.15) is 0 Å². The van der Waals surface area contributed by atoms with Crippen LogP contribution in [0.5, 0.6) is 11.5 Å². The molecule has 2 fully saturated rings. The van der Waals surface area contributed by atoms with Crippen molar-refractivity contribution in [1.82, 2.24) is 14.9 Å². The third-order valence-electron chi connectivity index (χ3n) is 6.30. The lowest BCUT2D eigenvalue weighted by molar-refractivity contribution is 0.0593. The number of piperidine rings is 1. The van der Waals surface area contributed by atoms with E-state index >= 15 is 0 Å². The topological polar surface area (TPSA) is 64.6 Å². The Labute approximate surface area is 192 Å². The fraction of sp³-hybridized carbons (Fsp3) is 0.480. The molecule has 1 saturated heterocycles. The first kappa shape index (κ1) is 21.2.